The summed E-state index contributed by atoms with van der Waals surface area (Å²) in [4.78, 5) is 51.2. The minimum Gasteiger partial charge on any atom is -0.452 e. The third kappa shape index (κ3) is 4.26. The second-order valence-electron chi connectivity index (χ2n) is 7.71. The maximum atomic E-state index is 12.7. The zero-order chi connectivity index (χ0) is 22.0. The van der Waals surface area contributed by atoms with Crippen LogP contribution in [0.15, 0.2) is 60.7 Å². The predicted octanol–water partition coefficient (Wildman–Crippen LogP) is 3.25. The first-order chi connectivity index (χ1) is 14.9. The van der Waals surface area contributed by atoms with Crippen LogP contribution in [0.5, 0.6) is 0 Å². The monoisotopic (exact) mass is 418 g/mol. The molecule has 3 amide bonds. The molecule has 0 radical (unpaired) electrons. The fraction of sp³-hybridized carbons (Fsp3) is 0.250. The van der Waals surface area contributed by atoms with Gasteiger partial charge in [-0.15, -0.1) is 0 Å². The molecule has 0 aromatic heterocycles. The summed E-state index contributed by atoms with van der Waals surface area (Å²) in [6.45, 7) is 1.46. The highest BCUT2D eigenvalue weighted by molar-refractivity contribution is 6.22. The highest BCUT2D eigenvalue weighted by atomic mass is 16.5. The van der Waals surface area contributed by atoms with Gasteiger partial charge in [-0.05, 0) is 55.7 Å². The first-order valence-electron chi connectivity index (χ1n) is 10.1. The topological polar surface area (TPSA) is 92.8 Å². The van der Waals surface area contributed by atoms with Gasteiger partial charge in [-0.2, -0.15) is 0 Å². The molecule has 7 nitrogen and oxygen atoms in total. The number of nitrogens with zero attached hydrogens (tertiary/aromatic N) is 1. The van der Waals surface area contributed by atoms with Crippen molar-refractivity contribution in [3.8, 4) is 0 Å². The average Bonchev–Trinajstić information content (AvgIpc) is 3.02. The Hall–Kier alpha value is -3.74. The molecule has 1 fully saturated rings. The van der Waals surface area contributed by atoms with Gasteiger partial charge in [-0.25, -0.2) is 4.79 Å². The van der Waals surface area contributed by atoms with Crippen LogP contribution in [0.25, 0.3) is 0 Å². The number of nitrogens with one attached hydrogen (secondary N) is 1. The molecule has 2 aromatic carbocycles. The Kier molecular flexibility index (Phi) is 5.66. The molecular weight excluding hydrogens is 396 g/mol. The first-order valence-corrected chi connectivity index (χ1v) is 10.1. The van der Waals surface area contributed by atoms with Crippen molar-refractivity contribution in [1.82, 2.24) is 0 Å². The van der Waals surface area contributed by atoms with Crippen molar-refractivity contribution in [3.63, 3.8) is 0 Å². The summed E-state index contributed by atoms with van der Waals surface area (Å²) in [5.41, 5.74) is 2.11. The Bertz CT molecular complexity index is 1060. The van der Waals surface area contributed by atoms with Gasteiger partial charge < -0.3 is 10.1 Å². The largest absolute Gasteiger partial charge is 0.452 e. The summed E-state index contributed by atoms with van der Waals surface area (Å²) in [7, 11) is 0. The Morgan fingerprint density at radius 1 is 1.00 bits per heavy atom. The van der Waals surface area contributed by atoms with Crippen molar-refractivity contribution in [3.05, 3.63) is 71.8 Å². The third-order valence-corrected chi connectivity index (χ3v) is 5.48. The summed E-state index contributed by atoms with van der Waals surface area (Å²) in [5.74, 6) is -2.36. The number of hydrogen-bond donors (Lipinski definition) is 1. The zero-order valence-corrected chi connectivity index (χ0v) is 17.0. The standard InChI is InChI=1S/C24H22N2O5/c1-15-6-4-8-17(12-15)25-21(27)14-31-24(30)16-7-5-9-18(13-16)26-22(28)19-10-2-3-11-20(19)23(26)29/h2-9,12-13,19-20H,10-11,14H2,1H3,(H,25,27)/t19-,20+. The SMILES string of the molecule is Cc1cccc(NC(=O)COC(=O)c2cccc(N3C(=O)[C@H]4CC=CC[C@H]4C3=O)c2)c1. The molecule has 4 rings (SSSR count). The van der Waals surface area contributed by atoms with E-state index in [9.17, 15) is 19.2 Å². The van der Waals surface area contributed by atoms with E-state index >= 15 is 0 Å². The van der Waals surface area contributed by atoms with Gasteiger partial charge in [0.15, 0.2) is 6.61 Å². The van der Waals surface area contributed by atoms with E-state index in [1.165, 1.54) is 12.1 Å². The first kappa shape index (κ1) is 20.5. The fourth-order valence-corrected chi connectivity index (χ4v) is 3.96. The second-order valence-corrected chi connectivity index (χ2v) is 7.71. The average molecular weight is 418 g/mol. The van der Waals surface area contributed by atoms with Gasteiger partial charge in [-0.1, -0.05) is 30.4 Å². The van der Waals surface area contributed by atoms with Gasteiger partial charge in [0.1, 0.15) is 0 Å². The maximum absolute atomic E-state index is 12.7. The van der Waals surface area contributed by atoms with E-state index in [1.54, 1.807) is 24.3 Å². The number of carbonyl (C=O) groups is 4. The van der Waals surface area contributed by atoms with E-state index < -0.39 is 18.5 Å². The van der Waals surface area contributed by atoms with Gasteiger partial charge in [0.05, 0.1) is 23.1 Å². The molecule has 0 unspecified atom stereocenters. The maximum Gasteiger partial charge on any atom is 0.338 e. The highest BCUT2D eigenvalue weighted by Gasteiger charge is 2.47. The molecule has 2 aliphatic rings. The molecule has 2 atom stereocenters. The lowest BCUT2D eigenvalue weighted by Gasteiger charge is -2.15. The number of amides is 3. The third-order valence-electron chi connectivity index (χ3n) is 5.48. The van der Waals surface area contributed by atoms with E-state index in [0.717, 1.165) is 10.5 Å². The Morgan fingerprint density at radius 2 is 1.68 bits per heavy atom. The van der Waals surface area contributed by atoms with Crippen LogP contribution in [0.2, 0.25) is 0 Å². The Morgan fingerprint density at radius 3 is 2.35 bits per heavy atom. The summed E-state index contributed by atoms with van der Waals surface area (Å²) in [6, 6.07) is 13.4. The van der Waals surface area contributed by atoms with Crippen LogP contribution < -0.4 is 10.2 Å². The lowest BCUT2D eigenvalue weighted by molar-refractivity contribution is -0.122. The normalized spacial score (nSPS) is 19.8. The number of benzene rings is 2. The van der Waals surface area contributed by atoms with Crippen LogP contribution in [0.4, 0.5) is 11.4 Å². The van der Waals surface area contributed by atoms with E-state index in [1.807, 2.05) is 31.2 Å². The van der Waals surface area contributed by atoms with Crippen LogP contribution in [-0.4, -0.2) is 30.3 Å². The Labute approximate surface area is 179 Å². The molecule has 7 heteroatoms. The predicted molar refractivity (Wildman–Crippen MR) is 114 cm³/mol. The molecule has 0 spiro atoms. The number of carbonyl (C=O) groups excluding carboxylic acids is 4. The lowest BCUT2D eigenvalue weighted by atomic mass is 9.85. The summed E-state index contributed by atoms with van der Waals surface area (Å²) < 4.78 is 5.11. The molecule has 2 aromatic rings. The summed E-state index contributed by atoms with van der Waals surface area (Å²) in [5, 5.41) is 2.67. The van der Waals surface area contributed by atoms with Crippen molar-refractivity contribution in [2.75, 3.05) is 16.8 Å². The molecule has 0 bridgehead atoms. The summed E-state index contributed by atoms with van der Waals surface area (Å²) in [6.07, 6.45) is 4.93. The number of aryl methyl sites for hydroxylation is 1. The van der Waals surface area contributed by atoms with Crippen molar-refractivity contribution in [2.24, 2.45) is 11.8 Å². The number of imide groups is 1. The van der Waals surface area contributed by atoms with E-state index in [-0.39, 0.29) is 29.2 Å². The van der Waals surface area contributed by atoms with Crippen LogP contribution in [-0.2, 0) is 19.1 Å². The second kappa shape index (κ2) is 8.55. The van der Waals surface area contributed by atoms with Gasteiger partial charge in [0, 0.05) is 5.69 Å². The van der Waals surface area contributed by atoms with Crippen LogP contribution >= 0.6 is 0 Å². The number of anilines is 2. The fourth-order valence-electron chi connectivity index (χ4n) is 3.96. The minimum absolute atomic E-state index is 0.162. The molecule has 0 saturated carbocycles. The van der Waals surface area contributed by atoms with E-state index in [4.69, 9.17) is 4.74 Å². The number of esters is 1. The van der Waals surface area contributed by atoms with Gasteiger partial charge in [-0.3, -0.25) is 19.3 Å². The number of fused-ring (bicyclic) bond motifs is 1. The van der Waals surface area contributed by atoms with Crippen LogP contribution in [0.1, 0.15) is 28.8 Å². The molecule has 1 N–H and O–H groups in total. The van der Waals surface area contributed by atoms with Crippen molar-refractivity contribution in [2.45, 2.75) is 19.8 Å². The molecule has 158 valence electrons. The van der Waals surface area contributed by atoms with E-state index in [2.05, 4.69) is 5.32 Å². The van der Waals surface area contributed by atoms with Crippen molar-refractivity contribution < 1.29 is 23.9 Å². The van der Waals surface area contributed by atoms with Gasteiger partial charge in [0.25, 0.3) is 5.91 Å². The number of allylic oxidation sites excluding steroid dienone is 2. The van der Waals surface area contributed by atoms with Crippen molar-refractivity contribution in [1.29, 1.82) is 0 Å². The molecule has 1 aliphatic carbocycles. The zero-order valence-electron chi connectivity index (χ0n) is 17.0. The number of ether oxygens (including phenoxy) is 1. The molecular formula is C24H22N2O5. The van der Waals surface area contributed by atoms with Gasteiger partial charge in [0.2, 0.25) is 11.8 Å². The van der Waals surface area contributed by atoms with Crippen LogP contribution in [0, 0.1) is 18.8 Å². The number of hydrogen-bond acceptors (Lipinski definition) is 5. The van der Waals surface area contributed by atoms with Crippen LogP contribution in [0.3, 0.4) is 0 Å². The molecule has 1 heterocycles. The van der Waals surface area contributed by atoms with E-state index in [0.29, 0.717) is 24.2 Å². The molecule has 31 heavy (non-hydrogen) atoms. The highest BCUT2D eigenvalue weighted by Crippen LogP contribution is 2.37. The molecule has 1 aliphatic heterocycles. The lowest BCUT2D eigenvalue weighted by Crippen LogP contribution is -2.31. The molecule has 1 saturated heterocycles. The minimum atomic E-state index is -0.709. The number of rotatable bonds is 5. The quantitative estimate of drug-likeness (QED) is 0.457. The smallest absolute Gasteiger partial charge is 0.338 e. The van der Waals surface area contributed by atoms with Crippen molar-refractivity contribution >= 4 is 35.1 Å². The Balaban J connectivity index is 1.41. The summed E-state index contributed by atoms with van der Waals surface area (Å²) >= 11 is 0. The van der Waals surface area contributed by atoms with Gasteiger partial charge >= 0.3 is 5.97 Å².